The lowest BCUT2D eigenvalue weighted by Crippen LogP contribution is -2.31. The summed E-state index contributed by atoms with van der Waals surface area (Å²) >= 11 is 0. The molecule has 0 spiro atoms. The summed E-state index contributed by atoms with van der Waals surface area (Å²) in [5.41, 5.74) is 0.582. The van der Waals surface area contributed by atoms with Crippen LogP contribution in [0.15, 0.2) is 23.8 Å². The van der Waals surface area contributed by atoms with Crippen LogP contribution in [0, 0.1) is 0 Å². The van der Waals surface area contributed by atoms with Crippen molar-refractivity contribution in [2.75, 3.05) is 19.8 Å². The van der Waals surface area contributed by atoms with Crippen molar-refractivity contribution in [3.8, 4) is 0 Å². The van der Waals surface area contributed by atoms with Gasteiger partial charge in [-0.15, -0.1) is 0 Å². The average molecular weight is 268 g/mol. The first kappa shape index (κ1) is 15.8. The van der Waals surface area contributed by atoms with Crippen LogP contribution in [0.4, 0.5) is 4.79 Å². The largest absolute Gasteiger partial charge is 0.509 e. The quantitative estimate of drug-likeness (QED) is 0.522. The third kappa shape index (κ3) is 6.43. The molecule has 0 saturated carbocycles. The molecule has 4 nitrogen and oxygen atoms in total. The zero-order valence-electron chi connectivity index (χ0n) is 12.1. The molecule has 0 aromatic heterocycles. The van der Waals surface area contributed by atoms with Crippen LogP contribution in [-0.4, -0.2) is 31.6 Å². The third-order valence-corrected chi connectivity index (χ3v) is 2.93. The second-order valence-electron chi connectivity index (χ2n) is 4.96. The Morgan fingerprint density at radius 1 is 1.37 bits per heavy atom. The molecule has 1 unspecified atom stereocenters. The zero-order valence-corrected chi connectivity index (χ0v) is 12.1. The summed E-state index contributed by atoms with van der Waals surface area (Å²) in [6.07, 6.45) is 8.04. The molecule has 19 heavy (non-hydrogen) atoms. The van der Waals surface area contributed by atoms with Gasteiger partial charge in [0, 0.05) is 13.0 Å². The first-order chi connectivity index (χ1) is 9.06. The van der Waals surface area contributed by atoms with Crippen molar-refractivity contribution in [3.63, 3.8) is 0 Å². The third-order valence-electron chi connectivity index (χ3n) is 2.93. The van der Waals surface area contributed by atoms with Crippen molar-refractivity contribution in [2.45, 2.75) is 45.6 Å². The second kappa shape index (κ2) is 8.00. The van der Waals surface area contributed by atoms with Gasteiger partial charge in [-0.25, -0.2) is 4.79 Å². The summed E-state index contributed by atoms with van der Waals surface area (Å²) in [6, 6.07) is 0. The van der Waals surface area contributed by atoms with E-state index in [1.54, 1.807) is 0 Å². The molecule has 0 aliphatic heterocycles. The van der Waals surface area contributed by atoms with E-state index < -0.39 is 11.8 Å². The number of carbonyl (C=O) groups is 1. The molecule has 0 heterocycles. The summed E-state index contributed by atoms with van der Waals surface area (Å²) in [5.74, 6) is 0. The molecule has 0 radical (unpaired) electrons. The Morgan fingerprint density at radius 3 is 2.79 bits per heavy atom. The van der Waals surface area contributed by atoms with E-state index in [1.807, 2.05) is 32.1 Å². The van der Waals surface area contributed by atoms with E-state index in [1.165, 1.54) is 5.57 Å². The summed E-state index contributed by atoms with van der Waals surface area (Å²) in [5, 5.41) is 0. The number of ether oxygens (including phenoxy) is 3. The van der Waals surface area contributed by atoms with E-state index in [0.29, 0.717) is 19.6 Å². The first-order valence-corrected chi connectivity index (χ1v) is 6.85. The van der Waals surface area contributed by atoms with Gasteiger partial charge in [-0.2, -0.15) is 0 Å². The maximum atomic E-state index is 11.5. The number of hydrogen-bond donors (Lipinski definition) is 0. The number of unbranched alkanes of at least 4 members (excludes halogenated alkanes) is 1. The smallest absolute Gasteiger partial charge is 0.432 e. The van der Waals surface area contributed by atoms with Crippen molar-refractivity contribution in [1.29, 1.82) is 0 Å². The molecule has 0 fully saturated rings. The van der Waals surface area contributed by atoms with Crippen molar-refractivity contribution in [3.05, 3.63) is 23.8 Å². The molecular formula is C15H24O4. The number of allylic oxidation sites excluding steroid dienone is 2. The van der Waals surface area contributed by atoms with E-state index in [2.05, 4.69) is 6.92 Å². The predicted molar refractivity (Wildman–Crippen MR) is 74.1 cm³/mol. The lowest BCUT2D eigenvalue weighted by Gasteiger charge is -2.26. The van der Waals surface area contributed by atoms with Gasteiger partial charge in [0.25, 0.3) is 0 Å². The highest BCUT2D eigenvalue weighted by Gasteiger charge is 2.27. The van der Waals surface area contributed by atoms with Gasteiger partial charge in [0.2, 0.25) is 0 Å². The molecule has 1 atom stereocenters. The van der Waals surface area contributed by atoms with Crippen LogP contribution in [0.3, 0.4) is 0 Å². The minimum absolute atomic E-state index is 0.233. The average Bonchev–Trinajstić information content (AvgIpc) is 2.37. The molecular weight excluding hydrogens is 244 g/mol. The van der Waals surface area contributed by atoms with E-state index in [-0.39, 0.29) is 6.61 Å². The minimum Gasteiger partial charge on any atom is -0.432 e. The fraction of sp³-hybridized carbons (Fsp3) is 0.667. The standard InChI is InChI=1S/C15H24O4/c1-4-5-10-17-11-12-18-14(16)19-15(3)8-6-13(2)7-9-15/h6-8H,4-5,9-12H2,1-3H3. The molecule has 0 saturated heterocycles. The van der Waals surface area contributed by atoms with Gasteiger partial charge in [-0.3, -0.25) is 0 Å². The van der Waals surface area contributed by atoms with Gasteiger partial charge in [0.15, 0.2) is 0 Å². The highest BCUT2D eigenvalue weighted by atomic mass is 16.7. The Morgan fingerprint density at radius 2 is 2.16 bits per heavy atom. The van der Waals surface area contributed by atoms with Gasteiger partial charge in [0.1, 0.15) is 12.2 Å². The lowest BCUT2D eigenvalue weighted by atomic mass is 9.94. The lowest BCUT2D eigenvalue weighted by molar-refractivity contribution is -0.0142. The monoisotopic (exact) mass is 268 g/mol. The number of rotatable bonds is 7. The van der Waals surface area contributed by atoms with Crippen LogP contribution in [0.5, 0.6) is 0 Å². The summed E-state index contributed by atoms with van der Waals surface area (Å²) < 4.78 is 15.6. The molecule has 4 heteroatoms. The summed E-state index contributed by atoms with van der Waals surface area (Å²) in [7, 11) is 0. The van der Waals surface area contributed by atoms with Crippen LogP contribution in [0.1, 0.15) is 40.0 Å². The minimum atomic E-state index is -0.640. The highest BCUT2D eigenvalue weighted by molar-refractivity contribution is 5.61. The molecule has 1 rings (SSSR count). The fourth-order valence-electron chi connectivity index (χ4n) is 1.64. The first-order valence-electron chi connectivity index (χ1n) is 6.85. The summed E-state index contributed by atoms with van der Waals surface area (Å²) in [6.45, 7) is 7.34. The van der Waals surface area contributed by atoms with Gasteiger partial charge >= 0.3 is 6.16 Å². The molecule has 1 aliphatic rings. The van der Waals surface area contributed by atoms with Crippen LogP contribution < -0.4 is 0 Å². The van der Waals surface area contributed by atoms with Gasteiger partial charge in [-0.1, -0.05) is 31.1 Å². The Kier molecular flexibility index (Phi) is 6.64. The van der Waals surface area contributed by atoms with Crippen LogP contribution in [-0.2, 0) is 14.2 Å². The van der Waals surface area contributed by atoms with Crippen molar-refractivity contribution < 1.29 is 19.0 Å². The van der Waals surface area contributed by atoms with Gasteiger partial charge < -0.3 is 14.2 Å². The molecule has 1 aliphatic carbocycles. The zero-order chi connectivity index (χ0) is 14.1. The fourth-order valence-corrected chi connectivity index (χ4v) is 1.64. The Hall–Kier alpha value is -1.29. The Labute approximate surface area is 115 Å². The predicted octanol–water partition coefficient (Wildman–Crippen LogP) is 3.62. The Balaban J connectivity index is 2.16. The molecule has 0 bridgehead atoms. The van der Waals surface area contributed by atoms with E-state index >= 15 is 0 Å². The van der Waals surface area contributed by atoms with Gasteiger partial charge in [0.05, 0.1) is 6.61 Å². The second-order valence-corrected chi connectivity index (χ2v) is 4.96. The molecule has 0 N–H and O–H groups in total. The number of hydrogen-bond acceptors (Lipinski definition) is 4. The molecule has 0 amide bonds. The topological polar surface area (TPSA) is 44.8 Å². The Bertz CT molecular complexity index is 346. The maximum absolute atomic E-state index is 11.5. The molecule has 108 valence electrons. The van der Waals surface area contributed by atoms with E-state index in [0.717, 1.165) is 12.8 Å². The van der Waals surface area contributed by atoms with Crippen molar-refractivity contribution >= 4 is 6.16 Å². The van der Waals surface area contributed by atoms with Crippen LogP contribution in [0.2, 0.25) is 0 Å². The SMILES string of the molecule is CCCCOCCOC(=O)OC1(C)C=CC(C)=CC1. The van der Waals surface area contributed by atoms with E-state index in [9.17, 15) is 4.79 Å². The number of carbonyl (C=O) groups excluding carboxylic acids is 1. The maximum Gasteiger partial charge on any atom is 0.509 e. The van der Waals surface area contributed by atoms with Crippen molar-refractivity contribution in [1.82, 2.24) is 0 Å². The molecule has 0 aromatic carbocycles. The van der Waals surface area contributed by atoms with Crippen LogP contribution in [0.25, 0.3) is 0 Å². The molecule has 0 aromatic rings. The van der Waals surface area contributed by atoms with Crippen LogP contribution >= 0.6 is 0 Å². The van der Waals surface area contributed by atoms with Crippen molar-refractivity contribution in [2.24, 2.45) is 0 Å². The normalized spacial score (nSPS) is 21.9. The highest BCUT2D eigenvalue weighted by Crippen LogP contribution is 2.24. The summed E-state index contributed by atoms with van der Waals surface area (Å²) in [4.78, 5) is 11.5. The van der Waals surface area contributed by atoms with Gasteiger partial charge in [-0.05, 0) is 26.3 Å². The van der Waals surface area contributed by atoms with E-state index in [4.69, 9.17) is 14.2 Å².